The normalized spacial score (nSPS) is 14.0. The first-order valence-corrected chi connectivity index (χ1v) is 8.03. The number of nitrogens with zero attached hydrogens (tertiary/aromatic N) is 4. The van der Waals surface area contributed by atoms with Gasteiger partial charge in [0.25, 0.3) is 0 Å². The molecule has 0 aliphatic carbocycles. The molecule has 0 saturated carbocycles. The molecule has 0 bridgehead atoms. The van der Waals surface area contributed by atoms with Crippen LogP contribution in [-0.2, 0) is 23.6 Å². The third-order valence-corrected chi connectivity index (χ3v) is 4.15. The summed E-state index contributed by atoms with van der Waals surface area (Å²) in [5.41, 5.74) is 1.53. The SMILES string of the molecule is CC(C)Cn1nnnc1SCc1cc(F)cc2c1OCOC2. The van der Waals surface area contributed by atoms with E-state index in [9.17, 15) is 4.39 Å². The first-order valence-electron chi connectivity index (χ1n) is 7.04. The minimum Gasteiger partial charge on any atom is -0.467 e. The van der Waals surface area contributed by atoms with E-state index in [1.165, 1.54) is 23.9 Å². The molecular formula is C14H17FN4O2S. The first kappa shape index (κ1) is 15.2. The number of ether oxygens (including phenoxy) is 2. The highest BCUT2D eigenvalue weighted by Crippen LogP contribution is 2.33. The zero-order valence-electron chi connectivity index (χ0n) is 12.5. The van der Waals surface area contributed by atoms with Crippen LogP contribution in [0, 0.1) is 11.7 Å². The predicted molar refractivity (Wildman–Crippen MR) is 78.9 cm³/mol. The van der Waals surface area contributed by atoms with Gasteiger partial charge >= 0.3 is 0 Å². The summed E-state index contributed by atoms with van der Waals surface area (Å²) in [6, 6.07) is 2.94. The molecule has 1 aliphatic rings. The lowest BCUT2D eigenvalue weighted by Crippen LogP contribution is -2.13. The maximum atomic E-state index is 13.7. The Hall–Kier alpha value is -1.67. The number of tetrazole rings is 1. The molecular weight excluding hydrogens is 307 g/mol. The summed E-state index contributed by atoms with van der Waals surface area (Å²) in [4.78, 5) is 0. The van der Waals surface area contributed by atoms with Crippen LogP contribution in [0.5, 0.6) is 5.75 Å². The smallest absolute Gasteiger partial charge is 0.209 e. The van der Waals surface area contributed by atoms with E-state index in [1.54, 1.807) is 4.68 Å². The van der Waals surface area contributed by atoms with Crippen molar-refractivity contribution in [1.82, 2.24) is 20.2 Å². The van der Waals surface area contributed by atoms with Gasteiger partial charge in [-0.2, -0.15) is 0 Å². The first-order chi connectivity index (χ1) is 10.6. The molecule has 8 heteroatoms. The molecule has 0 spiro atoms. The maximum absolute atomic E-state index is 13.7. The van der Waals surface area contributed by atoms with Gasteiger partial charge in [0.15, 0.2) is 6.79 Å². The molecule has 22 heavy (non-hydrogen) atoms. The highest BCUT2D eigenvalue weighted by Gasteiger charge is 2.18. The standard InChI is InChI=1S/C14H17FN4O2S/c1-9(2)5-19-14(16-17-18-19)22-7-11-4-12(15)3-10-6-20-8-21-13(10)11/h3-4,9H,5-8H2,1-2H3. The van der Waals surface area contributed by atoms with Gasteiger partial charge in [-0.05, 0) is 28.5 Å². The monoisotopic (exact) mass is 324 g/mol. The molecule has 0 unspecified atom stereocenters. The van der Waals surface area contributed by atoms with E-state index in [-0.39, 0.29) is 12.6 Å². The fourth-order valence-electron chi connectivity index (χ4n) is 2.27. The summed E-state index contributed by atoms with van der Waals surface area (Å²) in [7, 11) is 0. The van der Waals surface area contributed by atoms with Gasteiger partial charge in [0.05, 0.1) is 6.61 Å². The van der Waals surface area contributed by atoms with Gasteiger partial charge in [0.1, 0.15) is 11.6 Å². The highest BCUT2D eigenvalue weighted by molar-refractivity contribution is 7.98. The van der Waals surface area contributed by atoms with Crippen LogP contribution in [0.15, 0.2) is 17.3 Å². The highest BCUT2D eigenvalue weighted by atomic mass is 32.2. The molecule has 0 saturated heterocycles. The van der Waals surface area contributed by atoms with Crippen LogP contribution in [0.1, 0.15) is 25.0 Å². The minimum absolute atomic E-state index is 0.196. The quantitative estimate of drug-likeness (QED) is 0.788. The van der Waals surface area contributed by atoms with Crippen molar-refractivity contribution in [2.45, 2.75) is 37.9 Å². The van der Waals surface area contributed by atoms with Gasteiger partial charge in [-0.15, -0.1) is 5.10 Å². The van der Waals surface area contributed by atoms with Gasteiger partial charge in [-0.3, -0.25) is 0 Å². The second-order valence-electron chi connectivity index (χ2n) is 5.49. The average molecular weight is 324 g/mol. The van der Waals surface area contributed by atoms with Crippen molar-refractivity contribution in [2.75, 3.05) is 6.79 Å². The van der Waals surface area contributed by atoms with E-state index in [0.29, 0.717) is 24.0 Å². The van der Waals surface area contributed by atoms with Crippen molar-refractivity contribution >= 4 is 11.8 Å². The Balaban J connectivity index is 1.77. The summed E-state index contributed by atoms with van der Waals surface area (Å²) in [6.45, 7) is 5.53. The predicted octanol–water partition coefficient (Wildman–Crippen LogP) is 2.63. The Morgan fingerprint density at radius 1 is 1.41 bits per heavy atom. The van der Waals surface area contributed by atoms with Crippen molar-refractivity contribution in [3.05, 3.63) is 29.1 Å². The molecule has 0 N–H and O–H groups in total. The zero-order chi connectivity index (χ0) is 15.5. The van der Waals surface area contributed by atoms with Crippen LogP contribution in [0.25, 0.3) is 0 Å². The number of rotatable bonds is 5. The number of fused-ring (bicyclic) bond motifs is 1. The van der Waals surface area contributed by atoms with E-state index >= 15 is 0 Å². The number of benzene rings is 1. The molecule has 3 rings (SSSR count). The number of halogens is 1. The van der Waals surface area contributed by atoms with Gasteiger partial charge < -0.3 is 9.47 Å². The van der Waals surface area contributed by atoms with Crippen LogP contribution in [0.4, 0.5) is 4.39 Å². The van der Waals surface area contributed by atoms with Gasteiger partial charge in [-0.1, -0.05) is 25.6 Å². The van der Waals surface area contributed by atoms with Crippen molar-refractivity contribution in [2.24, 2.45) is 5.92 Å². The van der Waals surface area contributed by atoms with E-state index in [1.807, 2.05) is 0 Å². The molecule has 0 atom stereocenters. The lowest BCUT2D eigenvalue weighted by atomic mass is 10.1. The molecule has 1 aromatic heterocycles. The van der Waals surface area contributed by atoms with Crippen molar-refractivity contribution < 1.29 is 13.9 Å². The Morgan fingerprint density at radius 2 is 2.27 bits per heavy atom. The molecule has 2 aromatic rings. The average Bonchev–Trinajstić information content (AvgIpc) is 2.91. The van der Waals surface area contributed by atoms with Crippen LogP contribution in [-0.4, -0.2) is 27.0 Å². The molecule has 0 radical (unpaired) electrons. The molecule has 6 nitrogen and oxygen atoms in total. The molecule has 1 aromatic carbocycles. The van der Waals surface area contributed by atoms with Crippen LogP contribution in [0.3, 0.4) is 0 Å². The van der Waals surface area contributed by atoms with Crippen LogP contribution in [0.2, 0.25) is 0 Å². The van der Waals surface area contributed by atoms with E-state index < -0.39 is 0 Å². The number of thioether (sulfide) groups is 1. The van der Waals surface area contributed by atoms with Crippen molar-refractivity contribution in [3.63, 3.8) is 0 Å². The summed E-state index contributed by atoms with van der Waals surface area (Å²) in [5.74, 6) is 1.41. The van der Waals surface area contributed by atoms with Crippen molar-refractivity contribution in [1.29, 1.82) is 0 Å². The third kappa shape index (κ3) is 3.38. The number of hydrogen-bond acceptors (Lipinski definition) is 6. The summed E-state index contributed by atoms with van der Waals surface area (Å²) in [6.07, 6.45) is 0. The molecule has 1 aliphatic heterocycles. The molecule has 0 fully saturated rings. The Labute approximate surface area is 132 Å². The lowest BCUT2D eigenvalue weighted by Gasteiger charge is -2.20. The zero-order valence-corrected chi connectivity index (χ0v) is 13.3. The van der Waals surface area contributed by atoms with Crippen molar-refractivity contribution in [3.8, 4) is 5.75 Å². The maximum Gasteiger partial charge on any atom is 0.209 e. The molecule has 118 valence electrons. The Morgan fingerprint density at radius 3 is 3.09 bits per heavy atom. The second kappa shape index (κ2) is 6.62. The fourth-order valence-corrected chi connectivity index (χ4v) is 3.12. The number of aromatic nitrogens is 4. The van der Waals surface area contributed by atoms with E-state index in [0.717, 1.165) is 22.8 Å². The van der Waals surface area contributed by atoms with Gasteiger partial charge in [0.2, 0.25) is 5.16 Å². The van der Waals surface area contributed by atoms with E-state index in [2.05, 4.69) is 29.4 Å². The summed E-state index contributed by atoms with van der Waals surface area (Å²) >= 11 is 1.47. The van der Waals surface area contributed by atoms with E-state index in [4.69, 9.17) is 9.47 Å². The second-order valence-corrected chi connectivity index (χ2v) is 6.43. The van der Waals surface area contributed by atoms with Gasteiger partial charge in [-0.25, -0.2) is 9.07 Å². The lowest BCUT2D eigenvalue weighted by molar-refractivity contribution is -0.0171. The summed E-state index contributed by atoms with van der Waals surface area (Å²) in [5, 5.41) is 12.4. The Kier molecular flexibility index (Phi) is 4.58. The topological polar surface area (TPSA) is 62.1 Å². The largest absolute Gasteiger partial charge is 0.467 e. The van der Waals surface area contributed by atoms with Crippen LogP contribution >= 0.6 is 11.8 Å². The molecule has 2 heterocycles. The Bertz CT molecular complexity index is 662. The number of hydrogen-bond donors (Lipinski definition) is 0. The van der Waals surface area contributed by atoms with Crippen LogP contribution < -0.4 is 4.74 Å². The minimum atomic E-state index is -0.287. The van der Waals surface area contributed by atoms with Gasteiger partial charge in [0, 0.05) is 23.4 Å². The molecule has 0 amide bonds. The third-order valence-electron chi connectivity index (χ3n) is 3.15. The summed E-state index contributed by atoms with van der Waals surface area (Å²) < 4.78 is 26.2. The fraction of sp³-hybridized carbons (Fsp3) is 0.500.